The Morgan fingerprint density at radius 3 is 2.74 bits per heavy atom. The Kier molecular flexibility index (Phi) is 3.48. The van der Waals surface area contributed by atoms with Crippen LogP contribution in [0.2, 0.25) is 0 Å². The van der Waals surface area contributed by atoms with E-state index >= 15 is 0 Å². The summed E-state index contributed by atoms with van der Waals surface area (Å²) in [7, 11) is 0. The van der Waals surface area contributed by atoms with Crippen LogP contribution in [0, 0.1) is 3.57 Å². The molecule has 0 spiro atoms. The van der Waals surface area contributed by atoms with Crippen LogP contribution in [0.15, 0.2) is 60.9 Å². The molecular weight excluding hydrogens is 347 g/mol. The minimum atomic E-state index is -0.123. The molecule has 0 saturated heterocycles. The molecule has 2 aromatic carbocycles. The van der Waals surface area contributed by atoms with E-state index in [1.54, 1.807) is 0 Å². The van der Waals surface area contributed by atoms with Gasteiger partial charge in [-0.05, 0) is 57.3 Å². The first-order valence-corrected chi connectivity index (χ1v) is 7.17. The van der Waals surface area contributed by atoms with Crippen LogP contribution in [0.4, 0.5) is 0 Å². The summed E-state index contributed by atoms with van der Waals surface area (Å²) in [5, 5.41) is 2.30. The average Bonchev–Trinajstić information content (AvgIpc) is 2.46. The second-order valence-electron chi connectivity index (χ2n) is 4.48. The second kappa shape index (κ2) is 5.27. The smallest absolute Gasteiger partial charge is 0.0558 e. The average molecular weight is 360 g/mol. The third-order valence-corrected chi connectivity index (χ3v) is 3.93. The SMILES string of the molecule is NC(c1cccc(I)c1)c1cccc2ccncc12. The number of nitrogens with two attached hydrogens (primary N) is 1. The molecule has 3 heteroatoms. The quantitative estimate of drug-likeness (QED) is 0.705. The zero-order valence-electron chi connectivity index (χ0n) is 10.3. The van der Waals surface area contributed by atoms with Gasteiger partial charge in [-0.2, -0.15) is 0 Å². The third kappa shape index (κ3) is 2.48. The van der Waals surface area contributed by atoms with Crippen LogP contribution in [-0.2, 0) is 0 Å². The van der Waals surface area contributed by atoms with E-state index in [0.29, 0.717) is 0 Å². The Labute approximate surface area is 125 Å². The molecule has 0 radical (unpaired) electrons. The summed E-state index contributed by atoms with van der Waals surface area (Å²) in [5.74, 6) is 0. The number of halogens is 1. The maximum Gasteiger partial charge on any atom is 0.0558 e. The predicted molar refractivity (Wildman–Crippen MR) is 86.9 cm³/mol. The van der Waals surface area contributed by atoms with E-state index in [1.807, 2.05) is 30.6 Å². The zero-order valence-corrected chi connectivity index (χ0v) is 12.4. The predicted octanol–water partition coefficient (Wildman–Crippen LogP) is 3.89. The number of rotatable bonds is 2. The number of hydrogen-bond acceptors (Lipinski definition) is 2. The first-order chi connectivity index (χ1) is 9.25. The van der Waals surface area contributed by atoms with Crippen LogP contribution in [0.5, 0.6) is 0 Å². The molecule has 0 bridgehead atoms. The van der Waals surface area contributed by atoms with Crippen molar-refractivity contribution in [2.75, 3.05) is 0 Å². The molecule has 1 atom stereocenters. The van der Waals surface area contributed by atoms with Crippen LogP contribution in [0.1, 0.15) is 17.2 Å². The summed E-state index contributed by atoms with van der Waals surface area (Å²) in [6.07, 6.45) is 3.70. The molecule has 0 saturated carbocycles. The van der Waals surface area contributed by atoms with Gasteiger partial charge in [0.1, 0.15) is 0 Å². The Balaban J connectivity index is 2.14. The fraction of sp³-hybridized carbons (Fsp3) is 0.0625. The summed E-state index contributed by atoms with van der Waals surface area (Å²) in [6.45, 7) is 0. The lowest BCUT2D eigenvalue weighted by Crippen LogP contribution is -2.12. The van der Waals surface area contributed by atoms with Gasteiger partial charge in [-0.1, -0.05) is 30.3 Å². The van der Waals surface area contributed by atoms with E-state index in [4.69, 9.17) is 5.73 Å². The zero-order chi connectivity index (χ0) is 13.2. The Hall–Kier alpha value is -1.46. The molecule has 0 aliphatic carbocycles. The molecule has 19 heavy (non-hydrogen) atoms. The number of hydrogen-bond donors (Lipinski definition) is 1. The van der Waals surface area contributed by atoms with Crippen molar-refractivity contribution in [2.24, 2.45) is 5.73 Å². The largest absolute Gasteiger partial charge is 0.320 e. The fourth-order valence-electron chi connectivity index (χ4n) is 2.29. The first-order valence-electron chi connectivity index (χ1n) is 6.09. The highest BCUT2D eigenvalue weighted by atomic mass is 127. The van der Waals surface area contributed by atoms with Crippen molar-refractivity contribution in [3.8, 4) is 0 Å². The summed E-state index contributed by atoms with van der Waals surface area (Å²) in [5.41, 5.74) is 8.67. The van der Waals surface area contributed by atoms with Crippen LogP contribution in [-0.4, -0.2) is 4.98 Å². The first kappa shape index (κ1) is 12.6. The van der Waals surface area contributed by atoms with Crippen molar-refractivity contribution in [1.82, 2.24) is 4.98 Å². The molecule has 3 aromatic rings. The van der Waals surface area contributed by atoms with Gasteiger partial charge in [0, 0.05) is 21.4 Å². The van der Waals surface area contributed by atoms with E-state index in [-0.39, 0.29) is 6.04 Å². The van der Waals surface area contributed by atoms with Gasteiger partial charge in [0.2, 0.25) is 0 Å². The van der Waals surface area contributed by atoms with Gasteiger partial charge in [0.05, 0.1) is 6.04 Å². The van der Waals surface area contributed by atoms with E-state index in [0.717, 1.165) is 16.5 Å². The number of pyridine rings is 1. The molecule has 1 heterocycles. The maximum absolute atomic E-state index is 6.42. The molecule has 0 aliphatic heterocycles. The van der Waals surface area contributed by atoms with Crippen molar-refractivity contribution in [2.45, 2.75) is 6.04 Å². The lowest BCUT2D eigenvalue weighted by atomic mass is 9.95. The summed E-state index contributed by atoms with van der Waals surface area (Å²) in [6, 6.07) is 16.4. The Morgan fingerprint density at radius 1 is 1.05 bits per heavy atom. The molecular formula is C16H13IN2. The Morgan fingerprint density at radius 2 is 1.89 bits per heavy atom. The minimum absolute atomic E-state index is 0.123. The highest BCUT2D eigenvalue weighted by Gasteiger charge is 2.12. The van der Waals surface area contributed by atoms with E-state index < -0.39 is 0 Å². The van der Waals surface area contributed by atoms with Crippen LogP contribution in [0.3, 0.4) is 0 Å². The van der Waals surface area contributed by atoms with Gasteiger partial charge in [-0.3, -0.25) is 4.98 Å². The number of nitrogens with zero attached hydrogens (tertiary/aromatic N) is 1. The van der Waals surface area contributed by atoms with E-state index in [2.05, 4.69) is 57.9 Å². The van der Waals surface area contributed by atoms with Gasteiger partial charge >= 0.3 is 0 Å². The van der Waals surface area contributed by atoms with Crippen LogP contribution in [0.25, 0.3) is 10.8 Å². The summed E-state index contributed by atoms with van der Waals surface area (Å²) in [4.78, 5) is 4.21. The van der Waals surface area contributed by atoms with Crippen molar-refractivity contribution in [3.05, 3.63) is 75.6 Å². The third-order valence-electron chi connectivity index (χ3n) is 3.26. The fourth-order valence-corrected chi connectivity index (χ4v) is 2.85. The molecule has 2 nitrogen and oxygen atoms in total. The maximum atomic E-state index is 6.42. The monoisotopic (exact) mass is 360 g/mol. The second-order valence-corrected chi connectivity index (χ2v) is 5.72. The highest BCUT2D eigenvalue weighted by molar-refractivity contribution is 14.1. The van der Waals surface area contributed by atoms with Crippen molar-refractivity contribution < 1.29 is 0 Å². The van der Waals surface area contributed by atoms with Gasteiger partial charge in [0.15, 0.2) is 0 Å². The molecule has 2 N–H and O–H groups in total. The molecule has 94 valence electrons. The number of aromatic nitrogens is 1. The number of benzene rings is 2. The number of fused-ring (bicyclic) bond motifs is 1. The summed E-state index contributed by atoms with van der Waals surface area (Å²) < 4.78 is 1.20. The van der Waals surface area contributed by atoms with Crippen molar-refractivity contribution in [1.29, 1.82) is 0 Å². The van der Waals surface area contributed by atoms with Gasteiger partial charge in [0.25, 0.3) is 0 Å². The van der Waals surface area contributed by atoms with Crippen LogP contribution >= 0.6 is 22.6 Å². The molecule has 0 amide bonds. The van der Waals surface area contributed by atoms with Crippen LogP contribution < -0.4 is 5.73 Å². The molecule has 0 fully saturated rings. The normalized spacial score (nSPS) is 12.5. The Bertz CT molecular complexity index is 719. The topological polar surface area (TPSA) is 38.9 Å². The molecule has 3 rings (SSSR count). The van der Waals surface area contributed by atoms with Gasteiger partial charge in [-0.25, -0.2) is 0 Å². The van der Waals surface area contributed by atoms with E-state index in [9.17, 15) is 0 Å². The highest BCUT2D eigenvalue weighted by Crippen LogP contribution is 2.27. The van der Waals surface area contributed by atoms with E-state index in [1.165, 1.54) is 8.96 Å². The standard InChI is InChI=1S/C16H13IN2/c17-13-5-1-4-12(9-13)16(18)14-6-2-3-11-7-8-19-10-15(11)14/h1-10,16H,18H2. The van der Waals surface area contributed by atoms with Gasteiger partial charge < -0.3 is 5.73 Å². The lowest BCUT2D eigenvalue weighted by Gasteiger charge is -2.15. The van der Waals surface area contributed by atoms with Gasteiger partial charge in [-0.15, -0.1) is 0 Å². The lowest BCUT2D eigenvalue weighted by molar-refractivity contribution is 0.879. The minimum Gasteiger partial charge on any atom is -0.320 e. The molecule has 0 aliphatic rings. The van der Waals surface area contributed by atoms with Crippen molar-refractivity contribution >= 4 is 33.4 Å². The summed E-state index contributed by atoms with van der Waals surface area (Å²) >= 11 is 2.31. The molecule has 1 aromatic heterocycles. The van der Waals surface area contributed by atoms with Crippen molar-refractivity contribution in [3.63, 3.8) is 0 Å². The molecule has 1 unspecified atom stereocenters.